The molecule has 0 spiro atoms. The van der Waals surface area contributed by atoms with E-state index in [9.17, 15) is 13.6 Å². The second kappa shape index (κ2) is 7.48. The van der Waals surface area contributed by atoms with Gasteiger partial charge in [0.15, 0.2) is 5.70 Å². The van der Waals surface area contributed by atoms with Crippen molar-refractivity contribution in [1.29, 1.82) is 0 Å². The maximum atomic E-state index is 12.5. The highest BCUT2D eigenvalue weighted by atomic mass is 32.2. The van der Waals surface area contributed by atoms with Crippen molar-refractivity contribution in [2.24, 2.45) is 4.99 Å². The van der Waals surface area contributed by atoms with Gasteiger partial charge in [0.25, 0.3) is 0 Å². The standard InChI is InChI=1S/C18H13F2NO3S/c1-25-12-8-6-11(7-9-12)10-14-17(22)24-16(21-14)13-4-2-3-5-15(13)23-18(19)20/h2-10,18H,1H3/b14-10+. The highest BCUT2D eigenvalue weighted by molar-refractivity contribution is 7.98. The van der Waals surface area contributed by atoms with Crippen molar-refractivity contribution < 1.29 is 23.0 Å². The van der Waals surface area contributed by atoms with Gasteiger partial charge in [-0.1, -0.05) is 24.3 Å². The minimum Gasteiger partial charge on any atom is -0.434 e. The molecule has 2 aromatic carbocycles. The number of halogens is 2. The summed E-state index contributed by atoms with van der Waals surface area (Å²) in [6.07, 6.45) is 3.55. The van der Waals surface area contributed by atoms with Crippen LogP contribution in [-0.4, -0.2) is 24.7 Å². The Morgan fingerprint density at radius 3 is 2.56 bits per heavy atom. The molecule has 0 unspecified atom stereocenters. The van der Waals surface area contributed by atoms with E-state index in [0.29, 0.717) is 0 Å². The first kappa shape index (κ1) is 17.2. The lowest BCUT2D eigenvalue weighted by molar-refractivity contribution is -0.129. The van der Waals surface area contributed by atoms with Gasteiger partial charge < -0.3 is 9.47 Å². The Balaban J connectivity index is 1.91. The summed E-state index contributed by atoms with van der Waals surface area (Å²) >= 11 is 1.61. The Bertz CT molecular complexity index is 848. The Morgan fingerprint density at radius 2 is 1.88 bits per heavy atom. The molecule has 0 N–H and O–H groups in total. The smallest absolute Gasteiger partial charge is 0.387 e. The Labute approximate surface area is 147 Å². The molecule has 1 aliphatic rings. The van der Waals surface area contributed by atoms with E-state index in [1.165, 1.54) is 12.1 Å². The molecule has 1 heterocycles. The van der Waals surface area contributed by atoms with Crippen LogP contribution in [0.5, 0.6) is 5.75 Å². The molecule has 0 saturated carbocycles. The third-order valence-corrected chi connectivity index (χ3v) is 4.12. The molecular formula is C18H13F2NO3S. The number of hydrogen-bond acceptors (Lipinski definition) is 5. The number of nitrogens with zero attached hydrogens (tertiary/aromatic N) is 1. The van der Waals surface area contributed by atoms with Crippen LogP contribution in [0.15, 0.2) is 64.1 Å². The number of para-hydroxylation sites is 1. The number of carbonyl (C=O) groups excluding carboxylic acids is 1. The van der Waals surface area contributed by atoms with Gasteiger partial charge in [-0.05, 0) is 42.2 Å². The molecule has 2 aromatic rings. The number of cyclic esters (lactones) is 1. The van der Waals surface area contributed by atoms with Crippen LogP contribution in [0.25, 0.3) is 6.08 Å². The van der Waals surface area contributed by atoms with Crippen LogP contribution in [0.3, 0.4) is 0 Å². The van der Waals surface area contributed by atoms with Crippen LogP contribution in [0.2, 0.25) is 0 Å². The number of thioether (sulfide) groups is 1. The van der Waals surface area contributed by atoms with E-state index in [0.717, 1.165) is 10.5 Å². The highest BCUT2D eigenvalue weighted by Crippen LogP contribution is 2.26. The first-order valence-corrected chi connectivity index (χ1v) is 8.50. The van der Waals surface area contributed by atoms with Crippen LogP contribution in [-0.2, 0) is 9.53 Å². The normalized spacial score (nSPS) is 15.4. The molecule has 0 radical (unpaired) electrons. The second-order valence-electron chi connectivity index (χ2n) is 4.98. The maximum absolute atomic E-state index is 12.5. The summed E-state index contributed by atoms with van der Waals surface area (Å²) < 4.78 is 34.6. The van der Waals surface area contributed by atoms with Crippen molar-refractivity contribution >= 4 is 29.7 Å². The number of aliphatic imine (C=N–C) groups is 1. The summed E-state index contributed by atoms with van der Waals surface area (Å²) in [6, 6.07) is 13.6. The molecule has 1 aliphatic heterocycles. The summed E-state index contributed by atoms with van der Waals surface area (Å²) in [6.45, 7) is -2.98. The number of esters is 1. The molecule has 7 heteroatoms. The molecule has 25 heavy (non-hydrogen) atoms. The summed E-state index contributed by atoms with van der Waals surface area (Å²) in [5.41, 5.74) is 1.07. The van der Waals surface area contributed by atoms with Crippen molar-refractivity contribution in [2.45, 2.75) is 11.5 Å². The fourth-order valence-corrected chi connectivity index (χ4v) is 2.63. The Kier molecular flexibility index (Phi) is 5.14. The monoisotopic (exact) mass is 361 g/mol. The topological polar surface area (TPSA) is 47.9 Å². The lowest BCUT2D eigenvalue weighted by Gasteiger charge is -2.08. The van der Waals surface area contributed by atoms with Gasteiger partial charge in [0, 0.05) is 4.90 Å². The second-order valence-corrected chi connectivity index (χ2v) is 5.86. The van der Waals surface area contributed by atoms with Crippen molar-refractivity contribution in [2.75, 3.05) is 6.26 Å². The quantitative estimate of drug-likeness (QED) is 0.451. The third kappa shape index (κ3) is 4.06. The molecule has 0 atom stereocenters. The molecule has 0 bridgehead atoms. The van der Waals surface area contributed by atoms with Gasteiger partial charge in [-0.3, -0.25) is 0 Å². The molecule has 0 aliphatic carbocycles. The summed E-state index contributed by atoms with van der Waals surface area (Å²) in [4.78, 5) is 17.2. The number of ether oxygens (including phenoxy) is 2. The van der Waals surface area contributed by atoms with Gasteiger partial charge in [0.2, 0.25) is 5.90 Å². The zero-order chi connectivity index (χ0) is 17.8. The van der Waals surface area contributed by atoms with Crippen molar-refractivity contribution in [3.05, 3.63) is 65.4 Å². The van der Waals surface area contributed by atoms with Crippen molar-refractivity contribution in [3.63, 3.8) is 0 Å². The molecular weight excluding hydrogens is 348 g/mol. The van der Waals surface area contributed by atoms with E-state index in [2.05, 4.69) is 9.73 Å². The highest BCUT2D eigenvalue weighted by Gasteiger charge is 2.26. The van der Waals surface area contributed by atoms with E-state index in [4.69, 9.17) is 4.74 Å². The van der Waals surface area contributed by atoms with Crippen LogP contribution in [0, 0.1) is 0 Å². The first-order chi connectivity index (χ1) is 12.1. The van der Waals surface area contributed by atoms with Gasteiger partial charge in [0.1, 0.15) is 5.75 Å². The average Bonchev–Trinajstić information content (AvgIpc) is 2.96. The lowest BCUT2D eigenvalue weighted by Crippen LogP contribution is -2.10. The summed E-state index contributed by atoms with van der Waals surface area (Å²) in [7, 11) is 0. The molecule has 3 rings (SSSR count). The summed E-state index contributed by atoms with van der Waals surface area (Å²) in [5.74, 6) is -0.807. The van der Waals surface area contributed by atoms with Crippen molar-refractivity contribution in [1.82, 2.24) is 0 Å². The third-order valence-electron chi connectivity index (χ3n) is 3.37. The fourth-order valence-electron chi connectivity index (χ4n) is 2.22. The van der Waals surface area contributed by atoms with E-state index in [1.807, 2.05) is 30.5 Å². The van der Waals surface area contributed by atoms with Crippen LogP contribution in [0.1, 0.15) is 11.1 Å². The molecule has 0 aromatic heterocycles. The first-order valence-electron chi connectivity index (χ1n) is 7.27. The largest absolute Gasteiger partial charge is 0.434 e. The van der Waals surface area contributed by atoms with Gasteiger partial charge in [-0.2, -0.15) is 8.78 Å². The zero-order valence-electron chi connectivity index (χ0n) is 13.1. The lowest BCUT2D eigenvalue weighted by atomic mass is 10.2. The van der Waals surface area contributed by atoms with Crippen molar-refractivity contribution in [3.8, 4) is 5.75 Å². The number of benzene rings is 2. The number of hydrogen-bond donors (Lipinski definition) is 0. The molecule has 4 nitrogen and oxygen atoms in total. The summed E-state index contributed by atoms with van der Waals surface area (Å²) in [5, 5.41) is 0. The minimum absolute atomic E-state index is 0.0618. The van der Waals surface area contributed by atoms with Crippen LogP contribution in [0.4, 0.5) is 8.78 Å². The van der Waals surface area contributed by atoms with E-state index >= 15 is 0 Å². The molecule has 0 fully saturated rings. The molecule has 0 amide bonds. The van der Waals surface area contributed by atoms with Crippen LogP contribution < -0.4 is 4.74 Å². The predicted molar refractivity (Wildman–Crippen MR) is 91.9 cm³/mol. The van der Waals surface area contributed by atoms with Gasteiger partial charge >= 0.3 is 12.6 Å². The van der Waals surface area contributed by atoms with E-state index in [1.54, 1.807) is 30.0 Å². The minimum atomic E-state index is -2.98. The number of rotatable bonds is 5. The predicted octanol–water partition coefficient (Wildman–Crippen LogP) is 4.35. The Morgan fingerprint density at radius 1 is 1.16 bits per heavy atom. The average molecular weight is 361 g/mol. The Hall–Kier alpha value is -2.67. The van der Waals surface area contributed by atoms with E-state index in [-0.39, 0.29) is 22.9 Å². The van der Waals surface area contributed by atoms with Gasteiger partial charge in [-0.25, -0.2) is 9.79 Å². The fraction of sp³-hybridized carbons (Fsp3) is 0.111. The number of alkyl halides is 2. The zero-order valence-corrected chi connectivity index (χ0v) is 13.9. The molecule has 128 valence electrons. The van der Waals surface area contributed by atoms with E-state index < -0.39 is 12.6 Å². The van der Waals surface area contributed by atoms with Gasteiger partial charge in [-0.15, -0.1) is 11.8 Å². The SMILES string of the molecule is CSc1ccc(/C=C2/N=C(c3ccccc3OC(F)F)OC2=O)cc1. The maximum Gasteiger partial charge on any atom is 0.387 e. The molecule has 0 saturated heterocycles. The van der Waals surface area contributed by atoms with Gasteiger partial charge in [0.05, 0.1) is 5.56 Å². The number of carbonyl (C=O) groups is 1. The van der Waals surface area contributed by atoms with Crippen LogP contribution >= 0.6 is 11.8 Å².